The Morgan fingerprint density at radius 2 is 2.10 bits per heavy atom. The molecule has 0 N–H and O–H groups in total. The van der Waals surface area contributed by atoms with Crippen molar-refractivity contribution >= 4 is 21.7 Å². The summed E-state index contributed by atoms with van der Waals surface area (Å²) in [5, 5.41) is 4.13. The number of ether oxygens (including phenoxy) is 1. The number of hydrogen-bond acceptors (Lipinski definition) is 3. The van der Waals surface area contributed by atoms with Crippen LogP contribution in [0.1, 0.15) is 35.9 Å². The summed E-state index contributed by atoms with van der Waals surface area (Å²) >= 11 is 3.29. The predicted octanol–water partition coefficient (Wildman–Crippen LogP) is 4.06. The van der Waals surface area contributed by atoms with E-state index < -0.39 is 6.61 Å². The highest BCUT2D eigenvalue weighted by molar-refractivity contribution is 9.10. The quantitative estimate of drug-likeness (QED) is 0.757. The maximum Gasteiger partial charge on any atom is 0.387 e. The standard InChI is InChI=1S/C14H13BrF2N2O2/c1-8(2)19-12(11(15)7-18-19)13(20)9-4-3-5-10(6-9)21-14(16)17/h3-8,14H,1-2H3. The van der Waals surface area contributed by atoms with Gasteiger partial charge in [-0.25, -0.2) is 0 Å². The molecule has 7 heteroatoms. The minimum Gasteiger partial charge on any atom is -0.435 e. The van der Waals surface area contributed by atoms with Gasteiger partial charge >= 0.3 is 6.61 Å². The van der Waals surface area contributed by atoms with E-state index in [1.807, 2.05) is 13.8 Å². The lowest BCUT2D eigenvalue weighted by Gasteiger charge is -2.11. The van der Waals surface area contributed by atoms with E-state index in [4.69, 9.17) is 0 Å². The molecular weight excluding hydrogens is 346 g/mol. The molecule has 1 heterocycles. The van der Waals surface area contributed by atoms with E-state index in [2.05, 4.69) is 25.8 Å². The van der Waals surface area contributed by atoms with Crippen LogP contribution in [-0.4, -0.2) is 22.2 Å². The average Bonchev–Trinajstić information content (AvgIpc) is 2.79. The lowest BCUT2D eigenvalue weighted by Crippen LogP contribution is -2.14. The van der Waals surface area contributed by atoms with Gasteiger partial charge in [-0.2, -0.15) is 13.9 Å². The van der Waals surface area contributed by atoms with Crippen molar-refractivity contribution in [2.24, 2.45) is 0 Å². The van der Waals surface area contributed by atoms with Crippen molar-refractivity contribution in [3.63, 3.8) is 0 Å². The van der Waals surface area contributed by atoms with Crippen LogP contribution in [0.15, 0.2) is 34.9 Å². The van der Waals surface area contributed by atoms with Gasteiger partial charge in [0.2, 0.25) is 5.78 Å². The number of aromatic nitrogens is 2. The Morgan fingerprint density at radius 3 is 2.71 bits per heavy atom. The Bertz CT molecular complexity index is 656. The second kappa shape index (κ2) is 6.34. The number of halogens is 3. The Morgan fingerprint density at radius 1 is 1.38 bits per heavy atom. The van der Waals surface area contributed by atoms with Crippen LogP contribution in [-0.2, 0) is 0 Å². The Hall–Kier alpha value is -1.76. The fraction of sp³-hybridized carbons (Fsp3) is 0.286. The third kappa shape index (κ3) is 3.47. The predicted molar refractivity (Wildman–Crippen MR) is 76.8 cm³/mol. The highest BCUT2D eigenvalue weighted by atomic mass is 79.9. The zero-order valence-electron chi connectivity index (χ0n) is 11.4. The molecule has 1 aromatic heterocycles. The largest absolute Gasteiger partial charge is 0.435 e. The van der Waals surface area contributed by atoms with Crippen LogP contribution in [0.4, 0.5) is 8.78 Å². The Labute approximate surface area is 128 Å². The van der Waals surface area contributed by atoms with Gasteiger partial charge in [0.25, 0.3) is 0 Å². The molecule has 2 aromatic rings. The molecule has 0 atom stereocenters. The van der Waals surface area contributed by atoms with Crippen molar-refractivity contribution in [2.75, 3.05) is 0 Å². The van der Waals surface area contributed by atoms with Crippen molar-refractivity contribution in [3.8, 4) is 5.75 Å². The number of nitrogens with zero attached hydrogens (tertiary/aromatic N) is 2. The van der Waals surface area contributed by atoms with E-state index >= 15 is 0 Å². The SMILES string of the molecule is CC(C)n1ncc(Br)c1C(=O)c1cccc(OC(F)F)c1. The first-order valence-corrected chi connectivity index (χ1v) is 7.02. The molecule has 2 rings (SSSR count). The molecule has 0 bridgehead atoms. The van der Waals surface area contributed by atoms with Crippen molar-refractivity contribution in [2.45, 2.75) is 26.5 Å². The van der Waals surface area contributed by atoms with Crippen LogP contribution < -0.4 is 4.74 Å². The second-order valence-corrected chi connectivity index (χ2v) is 5.47. The van der Waals surface area contributed by atoms with E-state index in [9.17, 15) is 13.6 Å². The van der Waals surface area contributed by atoms with Gasteiger partial charge in [0.15, 0.2) is 0 Å². The van der Waals surface area contributed by atoms with Crippen molar-refractivity contribution in [1.82, 2.24) is 9.78 Å². The van der Waals surface area contributed by atoms with Gasteiger partial charge in [0.05, 0.1) is 10.7 Å². The highest BCUT2D eigenvalue weighted by Crippen LogP contribution is 2.24. The molecule has 0 spiro atoms. The first-order valence-electron chi connectivity index (χ1n) is 6.22. The third-order valence-corrected chi connectivity index (χ3v) is 3.36. The molecule has 0 saturated heterocycles. The van der Waals surface area contributed by atoms with Crippen LogP contribution in [0.3, 0.4) is 0 Å². The molecule has 4 nitrogen and oxygen atoms in total. The topological polar surface area (TPSA) is 44.1 Å². The summed E-state index contributed by atoms with van der Waals surface area (Å²) in [6.45, 7) is 0.863. The molecular formula is C14H13BrF2N2O2. The van der Waals surface area contributed by atoms with Gasteiger partial charge in [-0.05, 0) is 41.9 Å². The molecule has 0 unspecified atom stereocenters. The van der Waals surface area contributed by atoms with Crippen LogP contribution in [0.5, 0.6) is 5.75 Å². The van der Waals surface area contributed by atoms with Crippen molar-refractivity contribution in [3.05, 3.63) is 46.2 Å². The Balaban J connectivity index is 2.39. The molecule has 1 aromatic carbocycles. The van der Waals surface area contributed by atoms with Gasteiger partial charge in [-0.15, -0.1) is 0 Å². The van der Waals surface area contributed by atoms with E-state index in [0.717, 1.165) is 0 Å². The maximum atomic E-state index is 12.6. The van der Waals surface area contributed by atoms with Crippen LogP contribution in [0, 0.1) is 0 Å². The second-order valence-electron chi connectivity index (χ2n) is 4.61. The first-order chi connectivity index (χ1) is 9.90. The fourth-order valence-electron chi connectivity index (χ4n) is 1.90. The highest BCUT2D eigenvalue weighted by Gasteiger charge is 2.21. The zero-order chi connectivity index (χ0) is 15.6. The summed E-state index contributed by atoms with van der Waals surface area (Å²) in [5.41, 5.74) is 0.635. The number of hydrogen-bond donors (Lipinski definition) is 0. The normalized spacial score (nSPS) is 11.2. The molecule has 0 aliphatic heterocycles. The lowest BCUT2D eigenvalue weighted by molar-refractivity contribution is -0.0498. The van der Waals surface area contributed by atoms with Crippen LogP contribution in [0.25, 0.3) is 0 Å². The van der Waals surface area contributed by atoms with Gasteiger partial charge in [-0.1, -0.05) is 12.1 Å². The van der Waals surface area contributed by atoms with E-state index in [0.29, 0.717) is 10.2 Å². The van der Waals surface area contributed by atoms with Crippen molar-refractivity contribution in [1.29, 1.82) is 0 Å². The lowest BCUT2D eigenvalue weighted by atomic mass is 10.1. The smallest absolute Gasteiger partial charge is 0.387 e. The summed E-state index contributed by atoms with van der Waals surface area (Å²) < 4.78 is 30.9. The van der Waals surface area contributed by atoms with Gasteiger partial charge in [0.1, 0.15) is 11.4 Å². The molecule has 0 amide bonds. The van der Waals surface area contributed by atoms with Crippen LogP contribution in [0.2, 0.25) is 0 Å². The maximum absolute atomic E-state index is 12.6. The summed E-state index contributed by atoms with van der Waals surface area (Å²) in [6, 6.07) is 5.70. The third-order valence-electron chi connectivity index (χ3n) is 2.78. The monoisotopic (exact) mass is 358 g/mol. The van der Waals surface area contributed by atoms with Crippen molar-refractivity contribution < 1.29 is 18.3 Å². The number of carbonyl (C=O) groups is 1. The number of ketones is 1. The molecule has 21 heavy (non-hydrogen) atoms. The number of alkyl halides is 2. The number of carbonyl (C=O) groups excluding carboxylic acids is 1. The van der Waals surface area contributed by atoms with E-state index in [-0.39, 0.29) is 23.1 Å². The summed E-state index contributed by atoms with van der Waals surface area (Å²) in [4.78, 5) is 12.6. The Kier molecular flexibility index (Phi) is 4.72. The molecule has 0 saturated carbocycles. The van der Waals surface area contributed by atoms with Gasteiger partial charge in [0, 0.05) is 11.6 Å². The molecule has 0 radical (unpaired) electrons. The molecule has 112 valence electrons. The molecule has 0 fully saturated rings. The first kappa shape index (κ1) is 15.6. The number of benzene rings is 1. The van der Waals surface area contributed by atoms with E-state index in [1.54, 1.807) is 10.7 Å². The minimum absolute atomic E-state index is 0.00394. The van der Waals surface area contributed by atoms with Gasteiger partial charge < -0.3 is 4.74 Å². The minimum atomic E-state index is -2.93. The van der Waals surface area contributed by atoms with Crippen LogP contribution >= 0.6 is 15.9 Å². The van der Waals surface area contributed by atoms with E-state index in [1.165, 1.54) is 24.4 Å². The average molecular weight is 359 g/mol. The number of rotatable bonds is 5. The van der Waals surface area contributed by atoms with Gasteiger partial charge in [-0.3, -0.25) is 9.48 Å². The molecule has 0 aliphatic carbocycles. The molecule has 0 aliphatic rings. The summed E-state index contributed by atoms with van der Waals surface area (Å²) in [7, 11) is 0. The summed E-state index contributed by atoms with van der Waals surface area (Å²) in [5.74, 6) is -0.365. The summed E-state index contributed by atoms with van der Waals surface area (Å²) in [6.07, 6.45) is 1.53. The zero-order valence-corrected chi connectivity index (χ0v) is 13.0. The fourth-order valence-corrected chi connectivity index (χ4v) is 2.35.